The van der Waals surface area contributed by atoms with Crippen molar-refractivity contribution in [2.75, 3.05) is 24.6 Å². The van der Waals surface area contributed by atoms with E-state index in [-0.39, 0.29) is 24.6 Å². The summed E-state index contributed by atoms with van der Waals surface area (Å²) in [5, 5.41) is 0. The average molecular weight is 260 g/mol. The quantitative estimate of drug-likeness (QED) is 0.759. The Morgan fingerprint density at radius 3 is 2.00 bits per heavy atom. The van der Waals surface area contributed by atoms with Gasteiger partial charge in [0.1, 0.15) is 6.04 Å². The second-order valence-corrected chi connectivity index (χ2v) is 6.34. The summed E-state index contributed by atoms with van der Waals surface area (Å²) in [6.07, 6.45) is -4.42. The van der Waals surface area contributed by atoms with Gasteiger partial charge in [0.2, 0.25) is 0 Å². The molecule has 0 aromatic heterocycles. The highest BCUT2D eigenvalue weighted by atomic mass is 32.2. The largest absolute Gasteiger partial charge is 0.405 e. The van der Waals surface area contributed by atoms with E-state index in [2.05, 4.69) is 0 Å². The van der Waals surface area contributed by atoms with Crippen LogP contribution in [0.5, 0.6) is 0 Å². The Hall–Kier alpha value is -0.340. The molecule has 4 nitrogen and oxygen atoms in total. The number of hydrogen-bond donors (Lipinski definition) is 1. The molecule has 2 atom stereocenters. The Morgan fingerprint density at radius 1 is 1.25 bits per heavy atom. The van der Waals surface area contributed by atoms with E-state index in [1.165, 1.54) is 6.92 Å². The molecule has 2 unspecified atom stereocenters. The zero-order valence-corrected chi connectivity index (χ0v) is 9.68. The van der Waals surface area contributed by atoms with Crippen LogP contribution < -0.4 is 5.73 Å². The lowest BCUT2D eigenvalue weighted by atomic mass is 10.1. The van der Waals surface area contributed by atoms with Crippen LogP contribution in [0, 0.1) is 0 Å². The summed E-state index contributed by atoms with van der Waals surface area (Å²) in [7, 11) is -3.17. The lowest BCUT2D eigenvalue weighted by Gasteiger charge is -2.37. The third-order valence-corrected chi connectivity index (χ3v) is 4.21. The van der Waals surface area contributed by atoms with Gasteiger partial charge in [0, 0.05) is 19.1 Å². The van der Waals surface area contributed by atoms with Gasteiger partial charge >= 0.3 is 6.18 Å². The summed E-state index contributed by atoms with van der Waals surface area (Å²) in [5.74, 6) is -0.460. The van der Waals surface area contributed by atoms with Crippen LogP contribution >= 0.6 is 0 Å². The summed E-state index contributed by atoms with van der Waals surface area (Å²) in [6, 6.07) is -2.83. The van der Waals surface area contributed by atoms with Gasteiger partial charge < -0.3 is 5.73 Å². The standard InChI is InChI=1S/C8H15F3N2O2S/c1-6(12)7(8(9,10)11)13-2-4-16(14,15)5-3-13/h6-7H,2-5,12H2,1H3. The van der Waals surface area contributed by atoms with Crippen LogP contribution in [0.2, 0.25) is 0 Å². The number of rotatable bonds is 2. The first kappa shape index (κ1) is 13.7. The van der Waals surface area contributed by atoms with E-state index in [4.69, 9.17) is 5.73 Å². The van der Waals surface area contributed by atoms with E-state index in [1.54, 1.807) is 0 Å². The first-order valence-corrected chi connectivity index (χ1v) is 6.72. The molecule has 1 rings (SSSR count). The predicted octanol–water partition coefficient (Wildman–Crippen LogP) is -0.00510. The molecule has 2 N–H and O–H groups in total. The monoisotopic (exact) mass is 260 g/mol. The summed E-state index contributed by atoms with van der Waals surface area (Å²) < 4.78 is 60.2. The van der Waals surface area contributed by atoms with Crippen molar-refractivity contribution in [2.45, 2.75) is 25.2 Å². The minimum atomic E-state index is -4.42. The van der Waals surface area contributed by atoms with Gasteiger partial charge in [-0.3, -0.25) is 4.90 Å². The molecule has 0 saturated carbocycles. The van der Waals surface area contributed by atoms with Crippen molar-refractivity contribution in [1.29, 1.82) is 0 Å². The van der Waals surface area contributed by atoms with Crippen molar-refractivity contribution in [3.63, 3.8) is 0 Å². The van der Waals surface area contributed by atoms with Gasteiger partial charge in [-0.15, -0.1) is 0 Å². The van der Waals surface area contributed by atoms with Crippen LogP contribution in [0.15, 0.2) is 0 Å². The second-order valence-electron chi connectivity index (χ2n) is 4.03. The van der Waals surface area contributed by atoms with Crippen LogP contribution in [-0.4, -0.2) is 56.2 Å². The Balaban J connectivity index is 2.76. The molecule has 1 saturated heterocycles. The van der Waals surface area contributed by atoms with E-state index < -0.39 is 28.1 Å². The van der Waals surface area contributed by atoms with Gasteiger partial charge in [-0.05, 0) is 6.92 Å². The van der Waals surface area contributed by atoms with E-state index in [0.29, 0.717) is 0 Å². The van der Waals surface area contributed by atoms with Gasteiger partial charge in [-0.1, -0.05) is 0 Å². The van der Waals surface area contributed by atoms with E-state index in [9.17, 15) is 21.6 Å². The van der Waals surface area contributed by atoms with Crippen molar-refractivity contribution in [3.8, 4) is 0 Å². The van der Waals surface area contributed by atoms with E-state index in [1.807, 2.05) is 0 Å². The lowest BCUT2D eigenvalue weighted by Crippen LogP contribution is -2.58. The molecule has 1 aliphatic heterocycles. The van der Waals surface area contributed by atoms with Gasteiger partial charge in [-0.25, -0.2) is 8.42 Å². The van der Waals surface area contributed by atoms with Crippen LogP contribution in [-0.2, 0) is 9.84 Å². The van der Waals surface area contributed by atoms with Crippen molar-refractivity contribution in [2.24, 2.45) is 5.73 Å². The minimum absolute atomic E-state index is 0.103. The molecule has 1 aliphatic rings. The number of nitrogens with two attached hydrogens (primary N) is 1. The van der Waals surface area contributed by atoms with Crippen molar-refractivity contribution in [1.82, 2.24) is 4.90 Å². The summed E-state index contributed by atoms with van der Waals surface area (Å²) in [6.45, 7) is 1.07. The molecule has 0 aromatic rings. The van der Waals surface area contributed by atoms with Gasteiger partial charge in [0.25, 0.3) is 0 Å². The Labute approximate surface area is 92.5 Å². The molecular formula is C8H15F3N2O2S. The van der Waals surface area contributed by atoms with Crippen molar-refractivity contribution in [3.05, 3.63) is 0 Å². The maximum absolute atomic E-state index is 12.7. The Morgan fingerprint density at radius 2 is 1.69 bits per heavy atom. The highest BCUT2D eigenvalue weighted by molar-refractivity contribution is 7.91. The number of alkyl halides is 3. The molecule has 1 fully saturated rings. The summed E-state index contributed by atoms with van der Waals surface area (Å²) >= 11 is 0. The smallest absolute Gasteiger partial charge is 0.326 e. The zero-order valence-electron chi connectivity index (χ0n) is 8.87. The SMILES string of the molecule is CC(N)C(N1CCS(=O)(=O)CC1)C(F)(F)F. The van der Waals surface area contributed by atoms with E-state index in [0.717, 1.165) is 4.90 Å². The number of hydrogen-bond acceptors (Lipinski definition) is 4. The molecule has 16 heavy (non-hydrogen) atoms. The number of nitrogens with zero attached hydrogens (tertiary/aromatic N) is 1. The molecule has 0 amide bonds. The van der Waals surface area contributed by atoms with Crippen LogP contribution in [0.4, 0.5) is 13.2 Å². The maximum atomic E-state index is 12.7. The molecule has 1 heterocycles. The Kier molecular flexibility index (Phi) is 3.86. The summed E-state index contributed by atoms with van der Waals surface area (Å²) in [4.78, 5) is 1.10. The second kappa shape index (κ2) is 4.50. The number of halogens is 3. The van der Waals surface area contributed by atoms with Crippen LogP contribution in [0.1, 0.15) is 6.92 Å². The fraction of sp³-hybridized carbons (Fsp3) is 1.00. The minimum Gasteiger partial charge on any atom is -0.326 e. The topological polar surface area (TPSA) is 63.4 Å². The Bertz CT molecular complexity index is 326. The molecule has 0 radical (unpaired) electrons. The van der Waals surface area contributed by atoms with Crippen molar-refractivity contribution < 1.29 is 21.6 Å². The van der Waals surface area contributed by atoms with E-state index >= 15 is 0 Å². The van der Waals surface area contributed by atoms with Crippen LogP contribution in [0.3, 0.4) is 0 Å². The molecule has 0 aliphatic carbocycles. The fourth-order valence-corrected chi connectivity index (χ4v) is 3.07. The lowest BCUT2D eigenvalue weighted by molar-refractivity contribution is -0.187. The van der Waals surface area contributed by atoms with Crippen LogP contribution in [0.25, 0.3) is 0 Å². The average Bonchev–Trinajstić information content (AvgIpc) is 2.05. The third-order valence-electron chi connectivity index (χ3n) is 2.61. The fourth-order valence-electron chi connectivity index (χ4n) is 1.84. The summed E-state index contributed by atoms with van der Waals surface area (Å²) in [5.41, 5.74) is 5.31. The first-order valence-electron chi connectivity index (χ1n) is 4.90. The van der Waals surface area contributed by atoms with Gasteiger partial charge in [-0.2, -0.15) is 13.2 Å². The normalized spacial score (nSPS) is 26.3. The molecule has 8 heteroatoms. The zero-order chi connectivity index (χ0) is 12.6. The molecule has 0 spiro atoms. The molecule has 0 aromatic carbocycles. The highest BCUT2D eigenvalue weighted by Gasteiger charge is 2.46. The van der Waals surface area contributed by atoms with Crippen molar-refractivity contribution >= 4 is 9.84 Å². The molecule has 0 bridgehead atoms. The highest BCUT2D eigenvalue weighted by Crippen LogP contribution is 2.27. The predicted molar refractivity (Wildman–Crippen MR) is 53.7 cm³/mol. The third kappa shape index (κ3) is 3.33. The number of sulfone groups is 1. The van der Waals surface area contributed by atoms with Gasteiger partial charge in [0.05, 0.1) is 11.5 Å². The molecular weight excluding hydrogens is 245 g/mol. The maximum Gasteiger partial charge on any atom is 0.405 e. The first-order chi connectivity index (χ1) is 7.13. The molecule has 96 valence electrons. The van der Waals surface area contributed by atoms with Gasteiger partial charge in [0.15, 0.2) is 9.84 Å².